The van der Waals surface area contributed by atoms with E-state index in [0.29, 0.717) is 12.6 Å². The first-order valence-corrected chi connectivity index (χ1v) is 7.52. The van der Waals surface area contributed by atoms with Gasteiger partial charge in [-0.05, 0) is 19.9 Å². The van der Waals surface area contributed by atoms with E-state index in [2.05, 4.69) is 15.3 Å². The molecule has 0 atom stereocenters. The second-order valence-electron chi connectivity index (χ2n) is 3.99. The molecule has 0 saturated heterocycles. The van der Waals surface area contributed by atoms with Crippen LogP contribution in [-0.2, 0) is 9.53 Å². The van der Waals surface area contributed by atoms with E-state index in [4.69, 9.17) is 4.74 Å². The maximum atomic E-state index is 11.5. The van der Waals surface area contributed by atoms with Crippen LogP contribution in [0.25, 0.3) is 10.9 Å². The van der Waals surface area contributed by atoms with Gasteiger partial charge in [-0.1, -0.05) is 30.0 Å². The number of anilines is 1. The molecule has 1 N–H and O–H groups in total. The Balaban J connectivity index is 2.27. The summed E-state index contributed by atoms with van der Waals surface area (Å²) >= 11 is 1.37. The van der Waals surface area contributed by atoms with Crippen LogP contribution in [0.4, 0.5) is 5.95 Å². The van der Waals surface area contributed by atoms with Crippen LogP contribution in [0.3, 0.4) is 0 Å². The van der Waals surface area contributed by atoms with Crippen molar-refractivity contribution in [3.8, 4) is 0 Å². The number of aromatic nitrogens is 2. The number of hydrogen-bond donors (Lipinski definition) is 1. The molecule has 6 heteroatoms. The molecule has 1 aromatic heterocycles. The Bertz CT molecular complexity index is 604. The number of ether oxygens (including phenoxy) is 1. The number of para-hydroxylation sites is 1. The van der Waals surface area contributed by atoms with Gasteiger partial charge in [-0.15, -0.1) is 0 Å². The highest BCUT2D eigenvalue weighted by atomic mass is 32.2. The molecule has 0 unspecified atom stereocenters. The van der Waals surface area contributed by atoms with Crippen molar-refractivity contribution in [2.75, 3.05) is 24.2 Å². The standard InChI is InChI=1S/C14H17N3O2S/c1-3-15-14-16-11-8-6-5-7-10(11)13(17-14)20-9-12(18)19-4-2/h5-8H,3-4,9H2,1-2H3,(H,15,16,17). The van der Waals surface area contributed by atoms with Gasteiger partial charge in [-0.3, -0.25) is 4.79 Å². The number of benzene rings is 1. The van der Waals surface area contributed by atoms with Gasteiger partial charge in [0.15, 0.2) is 0 Å². The van der Waals surface area contributed by atoms with Gasteiger partial charge in [-0.25, -0.2) is 9.97 Å². The number of rotatable bonds is 6. The lowest BCUT2D eigenvalue weighted by Crippen LogP contribution is -2.08. The molecule has 2 aromatic rings. The van der Waals surface area contributed by atoms with Crippen molar-refractivity contribution in [3.05, 3.63) is 24.3 Å². The normalized spacial score (nSPS) is 10.5. The molecule has 20 heavy (non-hydrogen) atoms. The predicted octanol–water partition coefficient (Wildman–Crippen LogP) is 2.72. The van der Waals surface area contributed by atoms with Crippen LogP contribution in [0.2, 0.25) is 0 Å². The summed E-state index contributed by atoms with van der Waals surface area (Å²) < 4.78 is 4.93. The van der Waals surface area contributed by atoms with Crippen LogP contribution in [0, 0.1) is 0 Å². The van der Waals surface area contributed by atoms with E-state index >= 15 is 0 Å². The number of carbonyl (C=O) groups excluding carboxylic acids is 1. The SMILES string of the molecule is CCNc1nc(SCC(=O)OCC)c2ccccc2n1. The molecule has 0 bridgehead atoms. The predicted molar refractivity (Wildman–Crippen MR) is 81.1 cm³/mol. The van der Waals surface area contributed by atoms with Crippen LogP contribution in [0.5, 0.6) is 0 Å². The lowest BCUT2D eigenvalue weighted by atomic mass is 10.2. The summed E-state index contributed by atoms with van der Waals surface area (Å²) in [6.45, 7) is 4.93. The van der Waals surface area contributed by atoms with Crippen molar-refractivity contribution in [2.45, 2.75) is 18.9 Å². The van der Waals surface area contributed by atoms with E-state index in [0.717, 1.165) is 22.5 Å². The third-order valence-electron chi connectivity index (χ3n) is 2.54. The lowest BCUT2D eigenvalue weighted by molar-refractivity contribution is -0.139. The van der Waals surface area contributed by atoms with E-state index in [9.17, 15) is 4.79 Å². The minimum Gasteiger partial charge on any atom is -0.465 e. The molecule has 1 heterocycles. The summed E-state index contributed by atoms with van der Waals surface area (Å²) in [5, 5.41) is 4.84. The quantitative estimate of drug-likeness (QED) is 0.501. The Morgan fingerprint density at radius 2 is 2.10 bits per heavy atom. The third kappa shape index (κ3) is 3.60. The Kier molecular flexibility index (Phi) is 5.17. The molecule has 0 radical (unpaired) electrons. The van der Waals surface area contributed by atoms with Gasteiger partial charge in [0, 0.05) is 11.9 Å². The van der Waals surface area contributed by atoms with Gasteiger partial charge >= 0.3 is 5.97 Å². The molecule has 0 aliphatic heterocycles. The summed E-state index contributed by atoms with van der Waals surface area (Å²) in [6.07, 6.45) is 0. The fraction of sp³-hybridized carbons (Fsp3) is 0.357. The number of carbonyl (C=O) groups is 1. The molecule has 2 rings (SSSR count). The number of nitrogens with one attached hydrogen (secondary N) is 1. The van der Waals surface area contributed by atoms with Crippen molar-refractivity contribution < 1.29 is 9.53 Å². The molecule has 0 saturated carbocycles. The molecule has 0 aliphatic rings. The zero-order chi connectivity index (χ0) is 14.4. The summed E-state index contributed by atoms with van der Waals surface area (Å²) in [7, 11) is 0. The van der Waals surface area contributed by atoms with E-state index in [1.807, 2.05) is 31.2 Å². The number of fused-ring (bicyclic) bond motifs is 1. The summed E-state index contributed by atoms with van der Waals surface area (Å²) in [6, 6.07) is 7.77. The second-order valence-corrected chi connectivity index (χ2v) is 4.96. The highest BCUT2D eigenvalue weighted by molar-refractivity contribution is 8.00. The van der Waals surface area contributed by atoms with Crippen molar-refractivity contribution >= 4 is 34.6 Å². The van der Waals surface area contributed by atoms with Crippen molar-refractivity contribution in [2.24, 2.45) is 0 Å². The minimum atomic E-state index is -0.231. The van der Waals surface area contributed by atoms with Gasteiger partial charge in [0.25, 0.3) is 0 Å². The van der Waals surface area contributed by atoms with Gasteiger partial charge in [0.05, 0.1) is 17.9 Å². The first-order valence-electron chi connectivity index (χ1n) is 6.53. The van der Waals surface area contributed by atoms with Crippen molar-refractivity contribution in [3.63, 3.8) is 0 Å². The average Bonchev–Trinajstić information content (AvgIpc) is 2.45. The van der Waals surface area contributed by atoms with Crippen LogP contribution in [0.15, 0.2) is 29.3 Å². The number of thioether (sulfide) groups is 1. The fourth-order valence-corrected chi connectivity index (χ4v) is 2.54. The Morgan fingerprint density at radius 1 is 1.30 bits per heavy atom. The van der Waals surface area contributed by atoms with Gasteiger partial charge in [-0.2, -0.15) is 0 Å². The Morgan fingerprint density at radius 3 is 2.85 bits per heavy atom. The third-order valence-corrected chi connectivity index (χ3v) is 3.50. The second kappa shape index (κ2) is 7.09. The summed E-state index contributed by atoms with van der Waals surface area (Å²) in [5.41, 5.74) is 0.866. The van der Waals surface area contributed by atoms with Crippen LogP contribution in [-0.4, -0.2) is 34.8 Å². The molecule has 106 valence electrons. The molecule has 0 fully saturated rings. The van der Waals surface area contributed by atoms with Gasteiger partial charge in [0.2, 0.25) is 5.95 Å². The maximum Gasteiger partial charge on any atom is 0.316 e. The van der Waals surface area contributed by atoms with Crippen molar-refractivity contribution in [1.29, 1.82) is 0 Å². The van der Waals surface area contributed by atoms with E-state index in [1.54, 1.807) is 6.92 Å². The molecule has 0 amide bonds. The minimum absolute atomic E-state index is 0.231. The first-order chi connectivity index (χ1) is 9.74. The van der Waals surface area contributed by atoms with Crippen LogP contribution in [0.1, 0.15) is 13.8 Å². The zero-order valence-electron chi connectivity index (χ0n) is 11.5. The fourth-order valence-electron chi connectivity index (χ4n) is 1.72. The lowest BCUT2D eigenvalue weighted by Gasteiger charge is -2.08. The molecular weight excluding hydrogens is 274 g/mol. The molecule has 1 aromatic carbocycles. The monoisotopic (exact) mass is 291 g/mol. The summed E-state index contributed by atoms with van der Waals surface area (Å²) in [4.78, 5) is 20.4. The Hall–Kier alpha value is -1.82. The first kappa shape index (κ1) is 14.6. The topological polar surface area (TPSA) is 64.1 Å². The highest BCUT2D eigenvalue weighted by Crippen LogP contribution is 2.26. The number of esters is 1. The highest BCUT2D eigenvalue weighted by Gasteiger charge is 2.10. The molecule has 0 spiro atoms. The number of nitrogens with zero attached hydrogens (tertiary/aromatic N) is 2. The van der Waals surface area contributed by atoms with Gasteiger partial charge in [0.1, 0.15) is 5.03 Å². The van der Waals surface area contributed by atoms with Crippen LogP contribution < -0.4 is 5.32 Å². The molecule has 5 nitrogen and oxygen atoms in total. The Labute approximate surface area is 122 Å². The average molecular weight is 291 g/mol. The molecule has 0 aliphatic carbocycles. The smallest absolute Gasteiger partial charge is 0.316 e. The summed E-state index contributed by atoms with van der Waals surface area (Å²) in [5.74, 6) is 0.600. The van der Waals surface area contributed by atoms with Crippen molar-refractivity contribution in [1.82, 2.24) is 9.97 Å². The van der Waals surface area contributed by atoms with Gasteiger partial charge < -0.3 is 10.1 Å². The van der Waals surface area contributed by atoms with Crippen LogP contribution >= 0.6 is 11.8 Å². The largest absolute Gasteiger partial charge is 0.465 e. The maximum absolute atomic E-state index is 11.5. The number of hydrogen-bond acceptors (Lipinski definition) is 6. The van der Waals surface area contributed by atoms with E-state index in [-0.39, 0.29) is 11.7 Å². The zero-order valence-corrected chi connectivity index (χ0v) is 12.4. The van der Waals surface area contributed by atoms with E-state index in [1.165, 1.54) is 11.8 Å². The van der Waals surface area contributed by atoms with E-state index < -0.39 is 0 Å². The molecular formula is C14H17N3O2S.